The highest BCUT2D eigenvalue weighted by atomic mass is 19.4. The molecular weight excluding hydrogens is 636 g/mol. The average molecular weight is 670 g/mol. The van der Waals surface area contributed by atoms with E-state index in [1.54, 1.807) is 0 Å². The summed E-state index contributed by atoms with van der Waals surface area (Å²) in [6.45, 7) is 0.184. The first-order chi connectivity index (χ1) is 22.2. The van der Waals surface area contributed by atoms with Gasteiger partial charge in [0, 0.05) is 37.4 Å². The number of carboxylic acid groups (broad SMARTS) is 1. The Bertz CT molecular complexity index is 1550. The van der Waals surface area contributed by atoms with E-state index < -0.39 is 59.5 Å². The number of carboxylic acids is 1. The van der Waals surface area contributed by atoms with Gasteiger partial charge in [-0.2, -0.15) is 26.3 Å². The molecule has 1 spiro atoms. The van der Waals surface area contributed by atoms with Crippen molar-refractivity contribution in [2.45, 2.75) is 74.7 Å². The van der Waals surface area contributed by atoms with Crippen LogP contribution in [0.2, 0.25) is 0 Å². The highest BCUT2D eigenvalue weighted by Gasteiger charge is 2.62. The fraction of sp³-hybridized carbons (Fsp3) is 0.645. The van der Waals surface area contributed by atoms with E-state index in [-0.39, 0.29) is 30.2 Å². The Hall–Kier alpha value is -3.69. The van der Waals surface area contributed by atoms with Crippen molar-refractivity contribution >= 4 is 23.5 Å². The highest BCUT2D eigenvalue weighted by molar-refractivity contribution is 5.99. The minimum absolute atomic E-state index is 0.0539. The smallest absolute Gasteiger partial charge is 0.434 e. The van der Waals surface area contributed by atoms with Crippen LogP contribution in [0.4, 0.5) is 38.0 Å². The van der Waals surface area contributed by atoms with Crippen LogP contribution in [0.25, 0.3) is 0 Å². The second kappa shape index (κ2) is 11.2. The standard InChI is InChI=1S/C31H33F6N5O5/c32-29(33,34)3-6-47-23-12-21-22(14-38-23)42(15-28(21)1-4-46-5-2-28)27-39-13-20(24(40-27)31(35,36)37)25(43)41-30(26(44)45)18-8-16-7-17(10-18)11-19(30)9-16/h12-14,16-19H,1-11,15H2,(H,41,43)(H,44,45). The van der Waals surface area contributed by atoms with Gasteiger partial charge >= 0.3 is 18.3 Å². The van der Waals surface area contributed by atoms with Crippen molar-refractivity contribution in [1.82, 2.24) is 20.3 Å². The monoisotopic (exact) mass is 669 g/mol. The van der Waals surface area contributed by atoms with Crippen molar-refractivity contribution in [3.05, 3.63) is 35.3 Å². The summed E-state index contributed by atoms with van der Waals surface area (Å²) in [5, 5.41) is 12.9. The third-order valence-corrected chi connectivity index (χ3v) is 10.9. The number of amides is 1. The van der Waals surface area contributed by atoms with Gasteiger partial charge in [-0.3, -0.25) is 4.79 Å². The molecule has 0 unspecified atom stereocenters. The van der Waals surface area contributed by atoms with Gasteiger partial charge in [0.25, 0.3) is 5.91 Å². The van der Waals surface area contributed by atoms with E-state index in [2.05, 4.69) is 20.3 Å². The first-order valence-corrected chi connectivity index (χ1v) is 15.7. The molecule has 254 valence electrons. The predicted molar refractivity (Wildman–Crippen MR) is 151 cm³/mol. The van der Waals surface area contributed by atoms with Crippen LogP contribution >= 0.6 is 0 Å². The van der Waals surface area contributed by atoms with Crippen LogP contribution < -0.4 is 15.0 Å². The van der Waals surface area contributed by atoms with Crippen LogP contribution in [-0.4, -0.2) is 70.0 Å². The number of hydrogen-bond acceptors (Lipinski definition) is 8. The molecule has 0 radical (unpaired) electrons. The number of ether oxygens (including phenoxy) is 2. The van der Waals surface area contributed by atoms with E-state index >= 15 is 0 Å². The lowest BCUT2D eigenvalue weighted by molar-refractivity contribution is -0.163. The van der Waals surface area contributed by atoms with Crippen LogP contribution in [-0.2, 0) is 21.1 Å². The SMILES string of the molecule is O=C(NC1(C(=O)O)C2CC3CC(C2)CC1C3)c1cnc(N2CC3(CCOCC3)c3cc(OCCC(F)(F)F)ncc32)nc1C(F)(F)F. The van der Waals surface area contributed by atoms with Gasteiger partial charge in [-0.1, -0.05) is 0 Å². The summed E-state index contributed by atoms with van der Waals surface area (Å²) >= 11 is 0. The molecule has 6 aliphatic rings. The zero-order valence-corrected chi connectivity index (χ0v) is 25.2. The maximum absolute atomic E-state index is 14.6. The van der Waals surface area contributed by atoms with Crippen LogP contribution in [0, 0.1) is 23.7 Å². The quantitative estimate of drug-likeness (QED) is 0.371. The summed E-state index contributed by atoms with van der Waals surface area (Å²) in [5.41, 5.74) is -3.72. The lowest BCUT2D eigenvalue weighted by Crippen LogP contribution is -2.70. The highest BCUT2D eigenvalue weighted by Crippen LogP contribution is 2.58. The molecule has 2 aromatic heterocycles. The van der Waals surface area contributed by atoms with Crippen molar-refractivity contribution < 1.29 is 50.5 Å². The second-order valence-corrected chi connectivity index (χ2v) is 13.6. The van der Waals surface area contributed by atoms with Gasteiger partial charge in [0.2, 0.25) is 11.8 Å². The summed E-state index contributed by atoms with van der Waals surface area (Å²) in [4.78, 5) is 39.9. The average Bonchev–Trinajstić information content (AvgIpc) is 3.30. The van der Waals surface area contributed by atoms with Gasteiger partial charge in [0.1, 0.15) is 5.54 Å². The summed E-state index contributed by atoms with van der Waals surface area (Å²) in [7, 11) is 0. The summed E-state index contributed by atoms with van der Waals surface area (Å²) in [5.74, 6) is -2.87. The number of nitrogens with one attached hydrogen (secondary N) is 1. The van der Waals surface area contributed by atoms with E-state index in [0.717, 1.165) is 12.6 Å². The van der Waals surface area contributed by atoms with E-state index in [1.165, 1.54) is 17.2 Å². The van der Waals surface area contributed by atoms with Crippen molar-refractivity contribution in [1.29, 1.82) is 0 Å². The molecule has 0 aromatic carbocycles. The van der Waals surface area contributed by atoms with Gasteiger partial charge < -0.3 is 24.8 Å². The van der Waals surface area contributed by atoms with Crippen molar-refractivity contribution in [2.24, 2.45) is 23.7 Å². The number of rotatable bonds is 7. The molecule has 2 aliphatic heterocycles. The first-order valence-electron chi connectivity index (χ1n) is 15.7. The van der Waals surface area contributed by atoms with Crippen molar-refractivity contribution in [3.63, 3.8) is 0 Å². The Labute approximate surface area is 265 Å². The lowest BCUT2D eigenvalue weighted by Gasteiger charge is -2.59. The minimum Gasteiger partial charge on any atom is -0.479 e. The number of aromatic nitrogens is 3. The van der Waals surface area contributed by atoms with E-state index in [1.807, 2.05) is 0 Å². The molecule has 8 rings (SSSR count). The Morgan fingerprint density at radius 1 is 1.00 bits per heavy atom. The molecule has 5 fully saturated rings. The largest absolute Gasteiger partial charge is 0.479 e. The zero-order valence-electron chi connectivity index (χ0n) is 25.2. The van der Waals surface area contributed by atoms with Crippen molar-refractivity contribution in [3.8, 4) is 5.88 Å². The molecule has 1 saturated heterocycles. The molecule has 4 saturated carbocycles. The fourth-order valence-electron chi connectivity index (χ4n) is 8.93. The van der Waals surface area contributed by atoms with Gasteiger partial charge in [-0.15, -0.1) is 0 Å². The second-order valence-electron chi connectivity index (χ2n) is 13.6. The van der Waals surface area contributed by atoms with E-state index in [4.69, 9.17) is 9.47 Å². The number of alkyl halides is 6. The number of anilines is 2. The Kier molecular flexibility index (Phi) is 7.59. The molecule has 2 N–H and O–H groups in total. The number of halogens is 6. The van der Waals surface area contributed by atoms with Crippen LogP contribution in [0.1, 0.15) is 73.0 Å². The Balaban J connectivity index is 1.21. The maximum Gasteiger partial charge on any atom is 0.434 e. The predicted octanol–water partition coefficient (Wildman–Crippen LogP) is 5.43. The molecular formula is C31H33F6N5O5. The molecule has 4 bridgehead atoms. The number of fused-ring (bicyclic) bond motifs is 2. The number of nitrogens with zero attached hydrogens (tertiary/aromatic N) is 4. The van der Waals surface area contributed by atoms with Gasteiger partial charge in [-0.25, -0.2) is 19.7 Å². The summed E-state index contributed by atoms with van der Waals surface area (Å²) in [6.07, 6.45) is -4.24. The number of carbonyl (C=O) groups is 2. The zero-order chi connectivity index (χ0) is 33.4. The molecule has 16 heteroatoms. The van der Waals surface area contributed by atoms with Gasteiger partial charge in [-0.05, 0) is 74.2 Å². The number of hydrogen-bond donors (Lipinski definition) is 2. The summed E-state index contributed by atoms with van der Waals surface area (Å²) in [6, 6.07) is 1.50. The lowest BCUT2D eigenvalue weighted by atomic mass is 9.48. The van der Waals surface area contributed by atoms with Crippen LogP contribution in [0.5, 0.6) is 5.88 Å². The van der Waals surface area contributed by atoms with E-state index in [0.29, 0.717) is 74.8 Å². The maximum atomic E-state index is 14.6. The molecule has 0 atom stereocenters. The molecule has 4 heterocycles. The minimum atomic E-state index is -5.09. The number of pyridine rings is 1. The third-order valence-electron chi connectivity index (χ3n) is 10.9. The van der Waals surface area contributed by atoms with Crippen molar-refractivity contribution in [2.75, 3.05) is 31.3 Å². The molecule has 47 heavy (non-hydrogen) atoms. The number of aliphatic carboxylic acids is 1. The topological polar surface area (TPSA) is 127 Å². The summed E-state index contributed by atoms with van der Waals surface area (Å²) < 4.78 is 92.5. The van der Waals surface area contributed by atoms with Crippen LogP contribution in [0.3, 0.4) is 0 Å². The first kappa shape index (κ1) is 31.9. The Morgan fingerprint density at radius 2 is 1.66 bits per heavy atom. The third kappa shape index (κ3) is 5.55. The van der Waals surface area contributed by atoms with Crippen LogP contribution in [0.15, 0.2) is 18.5 Å². The normalized spacial score (nSPS) is 29.2. The van der Waals surface area contributed by atoms with E-state index in [9.17, 15) is 41.0 Å². The molecule has 4 aliphatic carbocycles. The fourth-order valence-corrected chi connectivity index (χ4v) is 8.93. The Morgan fingerprint density at radius 3 is 2.26 bits per heavy atom. The molecule has 2 aromatic rings. The van der Waals surface area contributed by atoms with Gasteiger partial charge in [0.15, 0.2) is 5.69 Å². The van der Waals surface area contributed by atoms with Gasteiger partial charge in [0.05, 0.1) is 30.5 Å². The number of carbonyl (C=O) groups excluding carboxylic acids is 1. The molecule has 10 nitrogen and oxygen atoms in total. The molecule has 1 amide bonds.